The van der Waals surface area contributed by atoms with Crippen LogP contribution in [0.3, 0.4) is 0 Å². The molecular weight excluding hydrogens is 1160 g/mol. The van der Waals surface area contributed by atoms with Gasteiger partial charge in [-0.3, -0.25) is 14.4 Å². The van der Waals surface area contributed by atoms with E-state index in [1.165, 1.54) is 48.9 Å². The molecule has 184 valence electrons. The van der Waals surface area contributed by atoms with Gasteiger partial charge in [0.25, 0.3) is 0 Å². The van der Waals surface area contributed by atoms with Crippen LogP contribution in [0, 0.1) is 21.4 Å². The Labute approximate surface area is 288 Å². The SMILES string of the molecule is O=C(COC(=O)CSCc1cc(I)cc(I)c1I)COC(=O)CSCc1cc(I)cc(I)c1I. The summed E-state index contributed by atoms with van der Waals surface area (Å²) in [6.07, 6.45) is 0. The van der Waals surface area contributed by atoms with Crippen LogP contribution in [0.5, 0.6) is 0 Å². The number of esters is 2. The lowest BCUT2D eigenvalue weighted by Crippen LogP contribution is -2.22. The molecule has 0 N–H and O–H groups in total. The van der Waals surface area contributed by atoms with Crippen LogP contribution in [-0.2, 0) is 35.4 Å². The Morgan fingerprint density at radius 1 is 0.647 bits per heavy atom. The first-order valence-corrected chi connectivity index (χ1v) is 18.1. The van der Waals surface area contributed by atoms with E-state index in [0.717, 1.165) is 7.14 Å². The van der Waals surface area contributed by atoms with Gasteiger partial charge in [0.15, 0.2) is 13.2 Å². The van der Waals surface area contributed by atoms with E-state index in [9.17, 15) is 14.4 Å². The minimum absolute atomic E-state index is 0.151. The molecule has 0 aliphatic heterocycles. The summed E-state index contributed by atoms with van der Waals surface area (Å²) in [7, 11) is 0. The zero-order valence-corrected chi connectivity index (χ0v) is 31.8. The minimum atomic E-state index is -0.461. The number of hydrogen-bond acceptors (Lipinski definition) is 7. The first-order chi connectivity index (χ1) is 16.1. The molecule has 0 aliphatic rings. The fraction of sp³-hybridized carbons (Fsp3) is 0.286. The van der Waals surface area contributed by atoms with Crippen LogP contribution in [0.2, 0.25) is 0 Å². The van der Waals surface area contributed by atoms with Crippen LogP contribution in [-0.4, -0.2) is 42.4 Å². The Kier molecular flexibility index (Phi) is 16.1. The molecule has 2 aromatic rings. The van der Waals surface area contributed by atoms with E-state index in [-0.39, 0.29) is 11.5 Å². The Morgan fingerprint density at radius 3 is 1.41 bits per heavy atom. The Balaban J connectivity index is 1.62. The number of ketones is 1. The molecule has 0 saturated carbocycles. The van der Waals surface area contributed by atoms with Crippen molar-refractivity contribution >= 4 is 177 Å². The van der Waals surface area contributed by atoms with Crippen molar-refractivity contribution in [3.05, 3.63) is 56.8 Å². The van der Waals surface area contributed by atoms with E-state index >= 15 is 0 Å². The predicted octanol–water partition coefficient (Wildman–Crippen LogP) is 7.14. The molecule has 0 heterocycles. The van der Waals surface area contributed by atoms with E-state index in [4.69, 9.17) is 9.47 Å². The van der Waals surface area contributed by atoms with Gasteiger partial charge in [-0.25, -0.2) is 0 Å². The Hall–Kier alpha value is 2.13. The highest BCUT2D eigenvalue weighted by Crippen LogP contribution is 2.27. The minimum Gasteiger partial charge on any atom is -0.457 e. The lowest BCUT2D eigenvalue weighted by atomic mass is 10.2. The lowest BCUT2D eigenvalue weighted by molar-refractivity contribution is -0.150. The second-order valence-corrected chi connectivity index (χ2v) is 15.5. The first-order valence-electron chi connectivity index (χ1n) is 9.32. The maximum atomic E-state index is 11.9. The molecular formula is C21H16I6O5S2. The van der Waals surface area contributed by atoms with Gasteiger partial charge >= 0.3 is 11.9 Å². The van der Waals surface area contributed by atoms with Crippen molar-refractivity contribution < 1.29 is 23.9 Å². The molecule has 0 bridgehead atoms. The maximum Gasteiger partial charge on any atom is 0.316 e. The summed E-state index contributed by atoms with van der Waals surface area (Å²) in [6, 6.07) is 8.41. The highest BCUT2D eigenvalue weighted by atomic mass is 127. The number of halogens is 6. The van der Waals surface area contributed by atoms with Crippen molar-refractivity contribution in [2.24, 2.45) is 0 Å². The number of carbonyl (C=O) groups excluding carboxylic acids is 3. The predicted molar refractivity (Wildman–Crippen MR) is 188 cm³/mol. The number of benzene rings is 2. The van der Waals surface area contributed by atoms with Gasteiger partial charge in [-0.1, -0.05) is 0 Å². The van der Waals surface area contributed by atoms with Gasteiger partial charge in [-0.05, 0) is 171 Å². The quantitative estimate of drug-likeness (QED) is 0.127. The molecule has 13 heteroatoms. The third kappa shape index (κ3) is 11.9. The smallest absolute Gasteiger partial charge is 0.316 e. The van der Waals surface area contributed by atoms with Crippen LogP contribution in [0.4, 0.5) is 0 Å². The summed E-state index contributed by atoms with van der Waals surface area (Å²) >= 11 is 16.6. The lowest BCUT2D eigenvalue weighted by Gasteiger charge is -2.09. The Bertz CT molecular complexity index is 985. The molecule has 0 aliphatic carbocycles. The van der Waals surface area contributed by atoms with Crippen LogP contribution in [0.25, 0.3) is 0 Å². The average molecular weight is 1170 g/mol. The van der Waals surface area contributed by atoms with Crippen LogP contribution < -0.4 is 0 Å². The van der Waals surface area contributed by atoms with E-state index in [2.05, 4.69) is 160 Å². The zero-order chi connectivity index (χ0) is 25.3. The largest absolute Gasteiger partial charge is 0.457 e. The number of thioether (sulfide) groups is 2. The normalized spacial score (nSPS) is 10.8. The zero-order valence-electron chi connectivity index (χ0n) is 17.2. The van der Waals surface area contributed by atoms with E-state index < -0.39 is 30.9 Å². The van der Waals surface area contributed by atoms with Crippen molar-refractivity contribution in [1.29, 1.82) is 0 Å². The summed E-state index contributed by atoms with van der Waals surface area (Å²) in [5, 5.41) is 0. The molecule has 2 rings (SSSR count). The van der Waals surface area contributed by atoms with Gasteiger partial charge < -0.3 is 9.47 Å². The van der Waals surface area contributed by atoms with Crippen LogP contribution in [0.15, 0.2) is 24.3 Å². The number of ether oxygens (including phenoxy) is 2. The molecule has 0 spiro atoms. The summed E-state index contributed by atoms with van der Waals surface area (Å²) in [6.45, 7) is -0.783. The molecule has 0 amide bonds. The Morgan fingerprint density at radius 2 is 1.03 bits per heavy atom. The monoisotopic (exact) mass is 1170 g/mol. The van der Waals surface area contributed by atoms with Crippen molar-refractivity contribution in [1.82, 2.24) is 0 Å². The van der Waals surface area contributed by atoms with Gasteiger partial charge in [0.2, 0.25) is 5.78 Å². The highest BCUT2D eigenvalue weighted by molar-refractivity contribution is 14.1. The molecule has 0 unspecified atom stereocenters. The number of hydrogen-bond donors (Lipinski definition) is 0. The molecule has 34 heavy (non-hydrogen) atoms. The average Bonchev–Trinajstić information content (AvgIpc) is 2.77. The van der Waals surface area contributed by atoms with E-state index in [1.54, 1.807) is 0 Å². The molecule has 5 nitrogen and oxygen atoms in total. The summed E-state index contributed by atoms with van der Waals surface area (Å²) in [5.41, 5.74) is 2.34. The number of Topliss-reactive ketones (excluding diaryl/α,β-unsaturated/α-hetero) is 1. The van der Waals surface area contributed by atoms with Gasteiger partial charge in [0, 0.05) is 32.9 Å². The molecule has 0 fully saturated rings. The van der Waals surface area contributed by atoms with Crippen LogP contribution >= 0.6 is 159 Å². The van der Waals surface area contributed by atoms with Crippen molar-refractivity contribution in [3.8, 4) is 0 Å². The van der Waals surface area contributed by atoms with Gasteiger partial charge in [-0.2, -0.15) is 0 Å². The van der Waals surface area contributed by atoms with Crippen molar-refractivity contribution in [2.75, 3.05) is 24.7 Å². The van der Waals surface area contributed by atoms with Gasteiger partial charge in [0.05, 0.1) is 11.5 Å². The summed E-state index contributed by atoms with van der Waals surface area (Å²) in [5.74, 6) is 0.304. The van der Waals surface area contributed by atoms with Crippen molar-refractivity contribution in [2.45, 2.75) is 11.5 Å². The fourth-order valence-corrected chi connectivity index (χ4v) is 9.42. The summed E-state index contributed by atoms with van der Waals surface area (Å²) in [4.78, 5) is 35.8. The third-order valence-corrected chi connectivity index (χ3v) is 13.3. The first kappa shape index (κ1) is 32.3. The topological polar surface area (TPSA) is 69.7 Å². The van der Waals surface area contributed by atoms with E-state index in [1.807, 2.05) is 0 Å². The number of rotatable bonds is 12. The third-order valence-electron chi connectivity index (χ3n) is 3.88. The molecule has 0 radical (unpaired) electrons. The van der Waals surface area contributed by atoms with E-state index in [0.29, 0.717) is 11.5 Å². The van der Waals surface area contributed by atoms with Gasteiger partial charge in [-0.15, -0.1) is 23.5 Å². The second-order valence-electron chi connectivity index (χ2n) is 6.57. The molecule has 0 atom stereocenters. The molecule has 2 aromatic carbocycles. The highest BCUT2D eigenvalue weighted by Gasteiger charge is 2.13. The van der Waals surface area contributed by atoms with Crippen LogP contribution in [0.1, 0.15) is 11.1 Å². The van der Waals surface area contributed by atoms with Crippen molar-refractivity contribution in [3.63, 3.8) is 0 Å². The maximum absolute atomic E-state index is 11.9. The second kappa shape index (κ2) is 17.0. The molecule has 0 saturated heterocycles. The summed E-state index contributed by atoms with van der Waals surface area (Å²) < 4.78 is 17.0. The van der Waals surface area contributed by atoms with Gasteiger partial charge in [0.1, 0.15) is 0 Å². The molecule has 0 aromatic heterocycles. The fourth-order valence-electron chi connectivity index (χ4n) is 2.36. The number of carbonyl (C=O) groups is 3. The standard InChI is InChI=1S/C21H16I6O5S2/c22-13-1-11(20(26)16(24)3-13)7-33-9-18(29)31-5-15(28)6-32-19(30)10-34-8-12-2-14(23)4-17(25)21(12)27/h1-4H,5-10H2.